The lowest BCUT2D eigenvalue weighted by Crippen LogP contribution is -2.57. The predicted molar refractivity (Wildman–Crippen MR) is 127 cm³/mol. The first kappa shape index (κ1) is 26.2. The summed E-state index contributed by atoms with van der Waals surface area (Å²) in [6, 6.07) is 4.38. The number of ether oxygens (including phenoxy) is 2. The van der Waals surface area contributed by atoms with Crippen molar-refractivity contribution in [3.05, 3.63) is 28.2 Å². The number of benzene rings is 1. The average Bonchev–Trinajstić information content (AvgIpc) is 2.75. The smallest absolute Gasteiger partial charge is 0.308 e. The Hall–Kier alpha value is -2.09. The van der Waals surface area contributed by atoms with Crippen molar-refractivity contribution in [3.8, 4) is 5.75 Å². The quantitative estimate of drug-likeness (QED) is 0.334. The van der Waals surface area contributed by atoms with Gasteiger partial charge >= 0.3 is 5.97 Å². The van der Waals surface area contributed by atoms with E-state index in [4.69, 9.17) is 9.47 Å². The maximum absolute atomic E-state index is 13.4. The Morgan fingerprint density at radius 2 is 2.00 bits per heavy atom. The molecule has 1 aliphatic rings. The topological polar surface area (TPSA) is 84.9 Å². The van der Waals surface area contributed by atoms with E-state index in [1.165, 1.54) is 4.90 Å². The van der Waals surface area contributed by atoms with Gasteiger partial charge in [0.1, 0.15) is 11.8 Å². The minimum absolute atomic E-state index is 0.170. The molecule has 1 aromatic rings. The SMILES string of the molecule is CCCCCCOc1ccc(Br)cc1C(=O)N1CCNC(=O)C1CC(=O)OCCC(C)C. The van der Waals surface area contributed by atoms with Gasteiger partial charge in [-0.05, 0) is 37.0 Å². The highest BCUT2D eigenvalue weighted by Crippen LogP contribution is 2.27. The van der Waals surface area contributed by atoms with Crippen molar-refractivity contribution in [3.63, 3.8) is 0 Å². The van der Waals surface area contributed by atoms with Crippen LogP contribution in [-0.2, 0) is 14.3 Å². The zero-order valence-corrected chi connectivity index (χ0v) is 20.9. The Labute approximate surface area is 199 Å². The number of rotatable bonds is 12. The number of carbonyl (C=O) groups excluding carboxylic acids is 3. The van der Waals surface area contributed by atoms with Crippen LogP contribution in [-0.4, -0.2) is 55.0 Å². The summed E-state index contributed by atoms with van der Waals surface area (Å²) in [5.74, 6) is -0.256. The molecule has 1 unspecified atom stereocenters. The Morgan fingerprint density at radius 3 is 2.72 bits per heavy atom. The van der Waals surface area contributed by atoms with Gasteiger partial charge in [-0.1, -0.05) is 56.0 Å². The first-order valence-electron chi connectivity index (χ1n) is 11.5. The van der Waals surface area contributed by atoms with Crippen LogP contribution in [0.1, 0.15) is 69.7 Å². The molecule has 2 amide bonds. The maximum atomic E-state index is 13.4. The van der Waals surface area contributed by atoms with Crippen LogP contribution in [0.25, 0.3) is 0 Å². The molecule has 1 aromatic carbocycles. The summed E-state index contributed by atoms with van der Waals surface area (Å²) in [5.41, 5.74) is 0.378. The maximum Gasteiger partial charge on any atom is 0.308 e. The van der Waals surface area contributed by atoms with Gasteiger partial charge in [0.25, 0.3) is 5.91 Å². The molecule has 0 saturated carbocycles. The van der Waals surface area contributed by atoms with Gasteiger partial charge in [0.2, 0.25) is 5.91 Å². The fourth-order valence-corrected chi connectivity index (χ4v) is 3.81. The summed E-state index contributed by atoms with van der Waals surface area (Å²) >= 11 is 3.42. The van der Waals surface area contributed by atoms with Crippen LogP contribution in [0.5, 0.6) is 5.75 Å². The normalized spacial score (nSPS) is 16.1. The van der Waals surface area contributed by atoms with Crippen molar-refractivity contribution < 1.29 is 23.9 Å². The van der Waals surface area contributed by atoms with Crippen LogP contribution >= 0.6 is 15.9 Å². The number of unbranched alkanes of at least 4 members (excludes halogenated alkanes) is 3. The highest BCUT2D eigenvalue weighted by molar-refractivity contribution is 9.10. The summed E-state index contributed by atoms with van der Waals surface area (Å²) in [5, 5.41) is 2.75. The number of hydrogen-bond donors (Lipinski definition) is 1. The summed E-state index contributed by atoms with van der Waals surface area (Å²) in [4.78, 5) is 39.7. The molecule has 178 valence electrons. The monoisotopic (exact) mass is 510 g/mol. The zero-order valence-electron chi connectivity index (χ0n) is 19.3. The zero-order chi connectivity index (χ0) is 23.5. The fraction of sp³-hybridized carbons (Fsp3) is 0.625. The fourth-order valence-electron chi connectivity index (χ4n) is 3.45. The molecule has 0 radical (unpaired) electrons. The average molecular weight is 511 g/mol. The summed E-state index contributed by atoms with van der Waals surface area (Å²) in [6.07, 6.45) is 4.85. The van der Waals surface area contributed by atoms with Gasteiger partial charge in [-0.15, -0.1) is 0 Å². The van der Waals surface area contributed by atoms with Crippen LogP contribution in [0.3, 0.4) is 0 Å². The first-order chi connectivity index (χ1) is 15.3. The second-order valence-electron chi connectivity index (χ2n) is 8.46. The molecule has 1 fully saturated rings. The van der Waals surface area contributed by atoms with Crippen LogP contribution in [0.4, 0.5) is 0 Å². The largest absolute Gasteiger partial charge is 0.493 e. The molecule has 1 aliphatic heterocycles. The minimum atomic E-state index is -0.904. The van der Waals surface area contributed by atoms with E-state index in [0.717, 1.165) is 36.6 Å². The molecule has 32 heavy (non-hydrogen) atoms. The number of nitrogens with zero attached hydrogens (tertiary/aromatic N) is 1. The summed E-state index contributed by atoms with van der Waals surface area (Å²) < 4.78 is 11.9. The standard InChI is InChI=1S/C24H35BrN2O5/c1-4-5-6-7-13-31-21-9-8-18(25)15-19(21)24(30)27-12-11-26-23(29)20(27)16-22(28)32-14-10-17(2)3/h8-9,15,17,20H,4-7,10-14,16H2,1-3H3,(H,26,29). The Balaban J connectivity index is 2.11. The second kappa shape index (κ2) is 13.5. The lowest BCUT2D eigenvalue weighted by atomic mass is 10.1. The Bertz CT molecular complexity index is 784. The van der Waals surface area contributed by atoms with Crippen molar-refractivity contribution in [2.45, 2.75) is 65.3 Å². The molecule has 2 rings (SSSR count). The molecule has 7 nitrogen and oxygen atoms in total. The molecule has 1 heterocycles. The summed E-state index contributed by atoms with van der Waals surface area (Å²) in [6.45, 7) is 7.72. The van der Waals surface area contributed by atoms with E-state index in [-0.39, 0.29) is 18.2 Å². The molecular formula is C24H35BrN2O5. The van der Waals surface area contributed by atoms with Gasteiger partial charge < -0.3 is 19.7 Å². The van der Waals surface area contributed by atoms with E-state index in [1.54, 1.807) is 12.1 Å². The van der Waals surface area contributed by atoms with Crippen LogP contribution < -0.4 is 10.1 Å². The number of esters is 1. The van der Waals surface area contributed by atoms with Gasteiger partial charge in [-0.2, -0.15) is 0 Å². The van der Waals surface area contributed by atoms with Crippen molar-refractivity contribution >= 4 is 33.7 Å². The third kappa shape index (κ3) is 8.11. The molecule has 0 aliphatic carbocycles. The third-order valence-electron chi connectivity index (χ3n) is 5.34. The number of nitrogens with one attached hydrogen (secondary N) is 1. The molecule has 0 bridgehead atoms. The van der Waals surface area contributed by atoms with Gasteiger partial charge in [-0.25, -0.2) is 0 Å². The molecule has 1 saturated heterocycles. The van der Waals surface area contributed by atoms with E-state index in [1.807, 2.05) is 19.9 Å². The number of hydrogen-bond acceptors (Lipinski definition) is 5. The van der Waals surface area contributed by atoms with E-state index in [2.05, 4.69) is 28.2 Å². The van der Waals surface area contributed by atoms with Crippen molar-refractivity contribution in [2.75, 3.05) is 26.3 Å². The highest BCUT2D eigenvalue weighted by atomic mass is 79.9. The molecule has 1 atom stereocenters. The lowest BCUT2D eigenvalue weighted by Gasteiger charge is -2.35. The molecule has 1 N–H and O–H groups in total. The molecule has 8 heteroatoms. The van der Waals surface area contributed by atoms with Gasteiger partial charge in [0, 0.05) is 17.6 Å². The summed E-state index contributed by atoms with van der Waals surface area (Å²) in [7, 11) is 0. The van der Waals surface area contributed by atoms with E-state index >= 15 is 0 Å². The van der Waals surface area contributed by atoms with E-state index < -0.39 is 12.0 Å². The molecular weight excluding hydrogens is 476 g/mol. The van der Waals surface area contributed by atoms with Crippen molar-refractivity contribution in [1.82, 2.24) is 10.2 Å². The Kier molecular flexibility index (Phi) is 11.0. The third-order valence-corrected chi connectivity index (χ3v) is 5.83. The van der Waals surface area contributed by atoms with Gasteiger partial charge in [0.15, 0.2) is 0 Å². The van der Waals surface area contributed by atoms with E-state index in [9.17, 15) is 14.4 Å². The second-order valence-corrected chi connectivity index (χ2v) is 9.38. The number of amides is 2. The Morgan fingerprint density at radius 1 is 1.22 bits per heavy atom. The van der Waals surface area contributed by atoms with E-state index in [0.29, 0.717) is 43.5 Å². The van der Waals surface area contributed by atoms with Gasteiger partial charge in [0.05, 0.1) is 25.2 Å². The first-order valence-corrected chi connectivity index (χ1v) is 12.3. The molecule has 0 aromatic heterocycles. The number of carbonyl (C=O) groups is 3. The highest BCUT2D eigenvalue weighted by Gasteiger charge is 2.36. The van der Waals surface area contributed by atoms with Crippen molar-refractivity contribution in [1.29, 1.82) is 0 Å². The predicted octanol–water partition coefficient (Wildman–Crippen LogP) is 4.33. The van der Waals surface area contributed by atoms with Crippen LogP contribution in [0.2, 0.25) is 0 Å². The minimum Gasteiger partial charge on any atom is -0.493 e. The molecule has 0 spiro atoms. The van der Waals surface area contributed by atoms with Crippen LogP contribution in [0, 0.1) is 5.92 Å². The van der Waals surface area contributed by atoms with Crippen LogP contribution in [0.15, 0.2) is 22.7 Å². The number of halogens is 1. The van der Waals surface area contributed by atoms with Crippen molar-refractivity contribution in [2.24, 2.45) is 5.92 Å². The van der Waals surface area contributed by atoms with Gasteiger partial charge in [-0.3, -0.25) is 14.4 Å². The lowest BCUT2D eigenvalue weighted by molar-refractivity contribution is -0.148. The number of piperazine rings is 1.